The number of hydrogen-bond donors (Lipinski definition) is 0. The number of nitrogens with zero attached hydrogens (tertiary/aromatic N) is 1. The van der Waals surface area contributed by atoms with E-state index in [2.05, 4.69) is 25.3 Å². The molecule has 0 amide bonds. The van der Waals surface area contributed by atoms with Crippen LogP contribution in [0.3, 0.4) is 0 Å². The maximum atomic E-state index is 6.22. The summed E-state index contributed by atoms with van der Waals surface area (Å²) < 4.78 is 21.3. The highest BCUT2D eigenvalue weighted by atomic mass is 28.4. The van der Waals surface area contributed by atoms with Gasteiger partial charge in [-0.25, -0.2) is 0 Å². The average molecular weight is 316 g/mol. The predicted octanol–water partition coefficient (Wildman–Crippen LogP) is 3.72. The highest BCUT2D eigenvalue weighted by Crippen LogP contribution is 2.36. The fourth-order valence-corrected chi connectivity index (χ4v) is 7.21. The molecule has 2 fully saturated rings. The molecule has 2 rings (SSSR count). The van der Waals surface area contributed by atoms with E-state index in [-0.39, 0.29) is 0 Å². The maximum Gasteiger partial charge on any atom is 0.600 e. The Morgan fingerprint density at radius 2 is 1.05 bits per heavy atom. The summed E-state index contributed by atoms with van der Waals surface area (Å²) >= 11 is 0. The van der Waals surface area contributed by atoms with Crippen LogP contribution in [-0.2, 0) is 13.3 Å². The zero-order valence-corrected chi connectivity index (χ0v) is 15.1. The van der Waals surface area contributed by atoms with Crippen LogP contribution in [0.2, 0.25) is 0 Å². The average Bonchev–Trinajstić information content (AvgIpc) is 3.13. The Bertz CT molecular complexity index is 258. The van der Waals surface area contributed by atoms with Crippen molar-refractivity contribution in [3.8, 4) is 0 Å². The van der Waals surface area contributed by atoms with Gasteiger partial charge in [-0.15, -0.1) is 0 Å². The van der Waals surface area contributed by atoms with Crippen molar-refractivity contribution >= 4 is 8.97 Å². The van der Waals surface area contributed by atoms with Crippen molar-refractivity contribution in [1.29, 1.82) is 0 Å². The Morgan fingerprint density at radius 3 is 1.33 bits per heavy atom. The molecule has 0 bridgehead atoms. The monoisotopic (exact) mass is 315 g/mol. The van der Waals surface area contributed by atoms with Gasteiger partial charge in [-0.3, -0.25) is 4.57 Å². The van der Waals surface area contributed by atoms with Gasteiger partial charge in [0.15, 0.2) is 0 Å². The molecule has 2 aliphatic rings. The second-order valence-electron chi connectivity index (χ2n) is 6.11. The largest absolute Gasteiger partial charge is 0.600 e. The van der Waals surface area contributed by atoms with Crippen LogP contribution in [0.5, 0.6) is 0 Å². The molecule has 4 nitrogen and oxygen atoms in total. The molecule has 0 unspecified atom stereocenters. The van der Waals surface area contributed by atoms with E-state index in [1.165, 1.54) is 51.4 Å². The Labute approximate surface area is 131 Å². The number of rotatable bonds is 9. The molecular formula is C16H33NO3Si. The van der Waals surface area contributed by atoms with E-state index in [9.17, 15) is 0 Å². The molecule has 5 heteroatoms. The van der Waals surface area contributed by atoms with Crippen LogP contribution in [0.1, 0.15) is 72.1 Å². The van der Waals surface area contributed by atoms with Crippen LogP contribution in [0.15, 0.2) is 0 Å². The van der Waals surface area contributed by atoms with E-state index in [1.54, 1.807) is 0 Å². The lowest BCUT2D eigenvalue weighted by molar-refractivity contribution is -0.00889. The second-order valence-corrected chi connectivity index (χ2v) is 8.54. The second kappa shape index (κ2) is 8.63. The van der Waals surface area contributed by atoms with E-state index in [4.69, 9.17) is 13.3 Å². The Morgan fingerprint density at radius 1 is 0.714 bits per heavy atom. The third kappa shape index (κ3) is 4.08. The lowest BCUT2D eigenvalue weighted by Crippen LogP contribution is -2.66. The minimum atomic E-state index is -2.72. The maximum absolute atomic E-state index is 6.22. The summed E-state index contributed by atoms with van der Waals surface area (Å²) in [5.41, 5.74) is 0. The Hall–Kier alpha value is 0.0569. The first-order chi connectivity index (χ1) is 10.3. The quantitative estimate of drug-likeness (QED) is 0.607. The van der Waals surface area contributed by atoms with Crippen LogP contribution < -0.4 is 0 Å². The third-order valence-corrected chi connectivity index (χ3v) is 8.06. The minimum Gasteiger partial charge on any atom is -0.361 e. The van der Waals surface area contributed by atoms with E-state index >= 15 is 0 Å². The first-order valence-corrected chi connectivity index (χ1v) is 10.6. The SMILES string of the molecule is CCO[Si](OCC)(OCC)N(C1CCCC1)C1CCCC1. The van der Waals surface area contributed by atoms with Gasteiger partial charge < -0.3 is 13.3 Å². The van der Waals surface area contributed by atoms with E-state index in [0.717, 1.165) is 0 Å². The molecule has 0 saturated heterocycles. The Kier molecular flexibility index (Phi) is 7.15. The van der Waals surface area contributed by atoms with Gasteiger partial charge in [0.25, 0.3) is 0 Å². The lowest BCUT2D eigenvalue weighted by Gasteiger charge is -2.44. The molecule has 0 spiro atoms. The van der Waals surface area contributed by atoms with Crippen LogP contribution in [-0.4, -0.2) is 45.4 Å². The van der Waals surface area contributed by atoms with Gasteiger partial charge in [0.1, 0.15) is 0 Å². The van der Waals surface area contributed by atoms with Gasteiger partial charge in [-0.1, -0.05) is 25.7 Å². The molecule has 21 heavy (non-hydrogen) atoms. The van der Waals surface area contributed by atoms with E-state index in [0.29, 0.717) is 31.9 Å². The van der Waals surface area contributed by atoms with Crippen LogP contribution in [0.25, 0.3) is 0 Å². The summed E-state index contributed by atoms with van der Waals surface area (Å²) in [4.78, 5) is 0. The van der Waals surface area contributed by atoms with Gasteiger partial charge in [0.05, 0.1) is 0 Å². The molecule has 0 radical (unpaired) electrons. The van der Waals surface area contributed by atoms with Crippen LogP contribution >= 0.6 is 0 Å². The van der Waals surface area contributed by atoms with E-state index < -0.39 is 8.97 Å². The molecule has 0 atom stereocenters. The first kappa shape index (κ1) is 17.4. The van der Waals surface area contributed by atoms with Crippen molar-refractivity contribution in [3.63, 3.8) is 0 Å². The van der Waals surface area contributed by atoms with Gasteiger partial charge >= 0.3 is 8.97 Å². The fourth-order valence-electron chi connectivity index (χ4n) is 4.01. The van der Waals surface area contributed by atoms with Crippen molar-refractivity contribution in [2.24, 2.45) is 0 Å². The molecule has 2 aliphatic carbocycles. The third-order valence-electron chi connectivity index (χ3n) is 4.73. The van der Waals surface area contributed by atoms with Gasteiger partial charge in [-0.2, -0.15) is 0 Å². The topological polar surface area (TPSA) is 30.9 Å². The molecular weight excluding hydrogens is 282 g/mol. The summed E-state index contributed by atoms with van der Waals surface area (Å²) in [7, 11) is -2.72. The normalized spacial score (nSPS) is 21.7. The Balaban J connectivity index is 2.26. The van der Waals surface area contributed by atoms with Crippen molar-refractivity contribution in [3.05, 3.63) is 0 Å². The molecule has 124 valence electrons. The molecule has 0 aromatic heterocycles. The molecule has 0 N–H and O–H groups in total. The highest BCUT2D eigenvalue weighted by molar-refractivity contribution is 6.57. The smallest absolute Gasteiger partial charge is 0.361 e. The van der Waals surface area contributed by atoms with Gasteiger partial charge in [0, 0.05) is 31.9 Å². The fraction of sp³-hybridized carbons (Fsp3) is 1.00. The lowest BCUT2D eigenvalue weighted by atomic mass is 10.2. The van der Waals surface area contributed by atoms with E-state index in [1.807, 2.05) is 0 Å². The zero-order chi connectivity index (χ0) is 15.1. The predicted molar refractivity (Wildman–Crippen MR) is 87.0 cm³/mol. The molecule has 2 saturated carbocycles. The first-order valence-electron chi connectivity index (χ1n) is 8.97. The number of hydrogen-bond acceptors (Lipinski definition) is 4. The molecule has 0 aromatic carbocycles. The summed E-state index contributed by atoms with van der Waals surface area (Å²) in [6.07, 6.45) is 10.4. The van der Waals surface area contributed by atoms with Crippen molar-refractivity contribution in [2.45, 2.75) is 84.2 Å². The van der Waals surface area contributed by atoms with Crippen molar-refractivity contribution < 1.29 is 13.3 Å². The summed E-state index contributed by atoms with van der Waals surface area (Å²) in [5, 5.41) is 0. The van der Waals surface area contributed by atoms with Crippen molar-refractivity contribution in [1.82, 2.24) is 4.57 Å². The van der Waals surface area contributed by atoms with Gasteiger partial charge in [0.2, 0.25) is 0 Å². The molecule has 0 aliphatic heterocycles. The molecule has 0 heterocycles. The van der Waals surface area contributed by atoms with Gasteiger partial charge in [-0.05, 0) is 46.5 Å². The summed E-state index contributed by atoms with van der Waals surface area (Å²) in [6.45, 7) is 8.18. The standard InChI is InChI=1S/C16H33NO3Si/c1-4-18-21(19-5-2,20-6-3)17(15-11-7-8-12-15)16-13-9-10-14-16/h15-16H,4-14H2,1-3H3. The highest BCUT2D eigenvalue weighted by Gasteiger charge is 2.54. The van der Waals surface area contributed by atoms with Crippen molar-refractivity contribution in [2.75, 3.05) is 19.8 Å². The zero-order valence-electron chi connectivity index (χ0n) is 14.1. The summed E-state index contributed by atoms with van der Waals surface area (Å²) in [5.74, 6) is 0. The molecule has 0 aromatic rings. The van der Waals surface area contributed by atoms with Crippen LogP contribution in [0.4, 0.5) is 0 Å². The van der Waals surface area contributed by atoms with Crippen LogP contribution in [0, 0.1) is 0 Å². The summed E-state index contributed by atoms with van der Waals surface area (Å²) in [6, 6.07) is 1.20. The minimum absolute atomic E-state index is 0.601.